The van der Waals surface area contributed by atoms with Crippen molar-refractivity contribution in [3.63, 3.8) is 0 Å². The first-order valence-electron chi connectivity index (χ1n) is 9.63. The number of aromatic nitrogens is 2. The Bertz CT molecular complexity index is 976. The van der Waals surface area contributed by atoms with Gasteiger partial charge >= 0.3 is 6.18 Å². The molecule has 0 radical (unpaired) electrons. The van der Waals surface area contributed by atoms with Crippen LogP contribution in [0.25, 0.3) is 16.6 Å². The van der Waals surface area contributed by atoms with Gasteiger partial charge in [0.25, 0.3) is 0 Å². The minimum atomic E-state index is -4.33. The van der Waals surface area contributed by atoms with Gasteiger partial charge in [0.15, 0.2) is 0 Å². The fraction of sp³-hybridized carbons (Fsp3) is 0.450. The molecule has 154 valence electrons. The van der Waals surface area contributed by atoms with Crippen molar-refractivity contribution in [3.8, 4) is 0 Å². The summed E-state index contributed by atoms with van der Waals surface area (Å²) < 4.78 is 37.0. The highest BCUT2D eigenvalue weighted by atomic mass is 19.4. The number of pyridine rings is 1. The molecule has 2 aromatic heterocycles. The number of nitrogens with zero attached hydrogens (tertiary/aromatic N) is 2. The van der Waals surface area contributed by atoms with E-state index >= 15 is 0 Å². The third-order valence-electron chi connectivity index (χ3n) is 5.26. The van der Waals surface area contributed by atoms with Gasteiger partial charge in [0.2, 0.25) is 11.8 Å². The van der Waals surface area contributed by atoms with Crippen molar-refractivity contribution in [2.45, 2.75) is 38.3 Å². The molecule has 0 spiro atoms. The maximum Gasteiger partial charge on any atom is 0.389 e. The zero-order chi connectivity index (χ0) is 20.6. The number of carbonyl (C=O) groups is 2. The SMILES string of the molecule is O=C(Nc1cc(C2=CCN(C(=O)CCC(F)(F)F)CC2)c2cc[nH]c2n1)C1CC1. The van der Waals surface area contributed by atoms with Gasteiger partial charge in [-0.1, -0.05) is 6.08 Å². The van der Waals surface area contributed by atoms with Crippen LogP contribution in [0.15, 0.2) is 24.4 Å². The summed E-state index contributed by atoms with van der Waals surface area (Å²) in [6.07, 6.45) is -0.00575. The lowest BCUT2D eigenvalue weighted by atomic mass is 9.97. The fourth-order valence-corrected chi connectivity index (χ4v) is 3.49. The Labute approximate surface area is 165 Å². The zero-order valence-electron chi connectivity index (χ0n) is 15.7. The highest BCUT2D eigenvalue weighted by Crippen LogP contribution is 2.33. The standard InChI is InChI=1S/C20H21F3N4O2/c21-20(22,23)7-3-17(28)27-9-5-12(6-10-27)15-11-16(26-19(29)13-1-2-13)25-18-14(15)4-8-24-18/h4-5,8,11,13H,1-3,6-7,9-10H2,(H2,24,25,26,29). The van der Waals surface area contributed by atoms with Crippen LogP contribution in [0.2, 0.25) is 0 Å². The summed E-state index contributed by atoms with van der Waals surface area (Å²) in [7, 11) is 0. The normalized spacial score (nSPS) is 17.3. The summed E-state index contributed by atoms with van der Waals surface area (Å²) in [5, 5.41) is 3.76. The first-order valence-corrected chi connectivity index (χ1v) is 9.63. The number of halogens is 3. The van der Waals surface area contributed by atoms with Gasteiger partial charge in [-0.2, -0.15) is 13.2 Å². The maximum atomic E-state index is 12.3. The molecule has 1 fully saturated rings. The van der Waals surface area contributed by atoms with Crippen molar-refractivity contribution >= 4 is 34.2 Å². The Morgan fingerprint density at radius 1 is 1.31 bits per heavy atom. The largest absolute Gasteiger partial charge is 0.389 e. The summed E-state index contributed by atoms with van der Waals surface area (Å²) in [6, 6.07) is 3.72. The summed E-state index contributed by atoms with van der Waals surface area (Å²) >= 11 is 0. The van der Waals surface area contributed by atoms with E-state index in [9.17, 15) is 22.8 Å². The van der Waals surface area contributed by atoms with Crippen molar-refractivity contribution in [2.24, 2.45) is 5.92 Å². The van der Waals surface area contributed by atoms with E-state index in [1.807, 2.05) is 18.2 Å². The van der Waals surface area contributed by atoms with E-state index in [0.29, 0.717) is 24.4 Å². The van der Waals surface area contributed by atoms with Crippen LogP contribution < -0.4 is 5.32 Å². The second kappa shape index (κ2) is 7.53. The van der Waals surface area contributed by atoms with E-state index in [-0.39, 0.29) is 18.4 Å². The van der Waals surface area contributed by atoms with Crippen LogP contribution in [0.3, 0.4) is 0 Å². The molecule has 1 aliphatic carbocycles. The van der Waals surface area contributed by atoms with E-state index in [2.05, 4.69) is 15.3 Å². The molecule has 0 saturated heterocycles. The maximum absolute atomic E-state index is 12.3. The van der Waals surface area contributed by atoms with Crippen molar-refractivity contribution in [1.29, 1.82) is 0 Å². The molecule has 9 heteroatoms. The molecule has 2 aliphatic rings. The second-order valence-electron chi connectivity index (χ2n) is 7.49. The van der Waals surface area contributed by atoms with Gasteiger partial charge in [-0.25, -0.2) is 4.98 Å². The number of anilines is 1. The van der Waals surface area contributed by atoms with Gasteiger partial charge in [0.1, 0.15) is 11.5 Å². The predicted molar refractivity (Wildman–Crippen MR) is 102 cm³/mol. The molecule has 3 heterocycles. The average Bonchev–Trinajstić information content (AvgIpc) is 3.43. The molecule has 6 nitrogen and oxygen atoms in total. The van der Waals surface area contributed by atoms with Crippen molar-refractivity contribution in [3.05, 3.63) is 30.0 Å². The molecule has 0 atom stereocenters. The number of hydrogen-bond donors (Lipinski definition) is 2. The van der Waals surface area contributed by atoms with Gasteiger partial charge in [0, 0.05) is 37.0 Å². The van der Waals surface area contributed by atoms with Gasteiger partial charge < -0.3 is 15.2 Å². The van der Waals surface area contributed by atoms with Crippen LogP contribution in [0.4, 0.5) is 19.0 Å². The van der Waals surface area contributed by atoms with Crippen molar-refractivity contribution in [1.82, 2.24) is 14.9 Å². The molecule has 0 aromatic carbocycles. The lowest BCUT2D eigenvalue weighted by Crippen LogP contribution is -2.35. The smallest absolute Gasteiger partial charge is 0.346 e. The number of carbonyl (C=O) groups excluding carboxylic acids is 2. The first kappa shape index (κ1) is 19.5. The fourth-order valence-electron chi connectivity index (χ4n) is 3.49. The number of fused-ring (bicyclic) bond motifs is 1. The minimum absolute atomic E-state index is 0.0339. The van der Waals surface area contributed by atoms with Crippen molar-refractivity contribution < 1.29 is 22.8 Å². The number of aromatic amines is 1. The highest BCUT2D eigenvalue weighted by molar-refractivity contribution is 5.97. The molecule has 0 unspecified atom stereocenters. The van der Waals surface area contributed by atoms with Crippen LogP contribution in [-0.4, -0.2) is 45.9 Å². The molecule has 0 bridgehead atoms. The average molecular weight is 406 g/mol. The summed E-state index contributed by atoms with van der Waals surface area (Å²) in [6.45, 7) is 0.630. The van der Waals surface area contributed by atoms with Gasteiger partial charge in [-0.05, 0) is 42.5 Å². The minimum Gasteiger partial charge on any atom is -0.346 e. The Balaban J connectivity index is 1.50. The third-order valence-corrected chi connectivity index (χ3v) is 5.26. The van der Waals surface area contributed by atoms with Crippen molar-refractivity contribution in [2.75, 3.05) is 18.4 Å². The predicted octanol–water partition coefficient (Wildman–Crippen LogP) is 3.87. The second-order valence-corrected chi connectivity index (χ2v) is 7.49. The van der Waals surface area contributed by atoms with E-state index < -0.39 is 24.9 Å². The lowest BCUT2D eigenvalue weighted by Gasteiger charge is -2.27. The molecule has 29 heavy (non-hydrogen) atoms. The van der Waals surface area contributed by atoms with Gasteiger partial charge in [0.05, 0.1) is 6.42 Å². The molecule has 1 aliphatic heterocycles. The third kappa shape index (κ3) is 4.60. The zero-order valence-corrected chi connectivity index (χ0v) is 15.7. The van der Waals surface area contributed by atoms with Crippen LogP contribution in [0.1, 0.15) is 37.7 Å². The number of amides is 2. The summed E-state index contributed by atoms with van der Waals surface area (Å²) in [4.78, 5) is 33.1. The Hall–Kier alpha value is -2.84. The van der Waals surface area contributed by atoms with E-state index in [1.54, 1.807) is 6.20 Å². The molecular formula is C20H21F3N4O2. The van der Waals surface area contributed by atoms with Gasteiger partial charge in [-0.3, -0.25) is 9.59 Å². The quantitative estimate of drug-likeness (QED) is 0.791. The number of H-pyrrole nitrogens is 1. The Kier molecular flexibility index (Phi) is 5.06. The monoisotopic (exact) mass is 406 g/mol. The Morgan fingerprint density at radius 3 is 2.76 bits per heavy atom. The number of nitrogens with one attached hydrogen (secondary N) is 2. The molecule has 2 aromatic rings. The van der Waals surface area contributed by atoms with E-state index in [0.717, 1.165) is 29.4 Å². The van der Waals surface area contributed by atoms with E-state index in [1.165, 1.54) is 4.90 Å². The van der Waals surface area contributed by atoms with Crippen LogP contribution in [0.5, 0.6) is 0 Å². The molecular weight excluding hydrogens is 385 g/mol. The Morgan fingerprint density at radius 2 is 2.10 bits per heavy atom. The highest BCUT2D eigenvalue weighted by Gasteiger charge is 2.31. The molecule has 4 rings (SSSR count). The number of hydrogen-bond acceptors (Lipinski definition) is 3. The van der Waals surface area contributed by atoms with Crippen LogP contribution in [0, 0.1) is 5.92 Å². The van der Waals surface area contributed by atoms with Crippen LogP contribution >= 0.6 is 0 Å². The molecule has 2 amide bonds. The summed E-state index contributed by atoms with van der Waals surface area (Å²) in [5.74, 6) is 0.00568. The van der Waals surface area contributed by atoms with Crippen LogP contribution in [-0.2, 0) is 9.59 Å². The molecule has 1 saturated carbocycles. The topological polar surface area (TPSA) is 78.1 Å². The number of rotatable bonds is 5. The summed E-state index contributed by atoms with van der Waals surface area (Å²) in [5.41, 5.74) is 2.54. The lowest BCUT2D eigenvalue weighted by molar-refractivity contribution is -0.148. The first-order chi connectivity index (χ1) is 13.8. The number of alkyl halides is 3. The molecule has 2 N–H and O–H groups in total. The van der Waals surface area contributed by atoms with E-state index in [4.69, 9.17) is 0 Å². The van der Waals surface area contributed by atoms with Gasteiger partial charge in [-0.15, -0.1) is 0 Å².